The molecular weight excluding hydrogens is 298 g/mol. The lowest BCUT2D eigenvalue weighted by atomic mass is 10.1. The molecule has 23 heavy (non-hydrogen) atoms. The summed E-state index contributed by atoms with van der Waals surface area (Å²) in [5.41, 5.74) is 0.943. The molecule has 0 unspecified atom stereocenters. The Labute approximate surface area is 136 Å². The number of benzene rings is 1. The normalized spacial score (nSPS) is 10.4. The van der Waals surface area contributed by atoms with Crippen LogP contribution in [0.2, 0.25) is 0 Å². The van der Waals surface area contributed by atoms with Crippen LogP contribution in [0.4, 0.5) is 4.79 Å². The second-order valence-corrected chi connectivity index (χ2v) is 4.75. The van der Waals surface area contributed by atoms with Crippen LogP contribution in [0.25, 0.3) is 0 Å². The smallest absolute Gasteiger partial charge is 0.416 e. The van der Waals surface area contributed by atoms with Crippen molar-refractivity contribution in [2.75, 3.05) is 27.4 Å². The summed E-state index contributed by atoms with van der Waals surface area (Å²) in [6.45, 7) is 3.54. The monoisotopic (exact) mass is 321 g/mol. The molecule has 0 atom stereocenters. The number of hydrogen-bond donors (Lipinski definition) is 0. The van der Waals surface area contributed by atoms with Crippen molar-refractivity contribution < 1.29 is 23.8 Å². The average Bonchev–Trinajstić information content (AvgIpc) is 2.54. The molecule has 0 saturated heterocycles. The highest BCUT2D eigenvalue weighted by molar-refractivity contribution is 5.90. The molecule has 0 aliphatic heterocycles. The fourth-order valence-electron chi connectivity index (χ4n) is 1.91. The fraction of sp³-hybridized carbons (Fsp3) is 0.412. The number of carbonyl (C=O) groups is 2. The van der Waals surface area contributed by atoms with Gasteiger partial charge in [0, 0.05) is 13.3 Å². The van der Waals surface area contributed by atoms with E-state index in [4.69, 9.17) is 14.2 Å². The van der Waals surface area contributed by atoms with Crippen LogP contribution in [0, 0.1) is 0 Å². The van der Waals surface area contributed by atoms with Gasteiger partial charge in [0.05, 0.1) is 27.4 Å². The lowest BCUT2D eigenvalue weighted by molar-refractivity contribution is -0.126. The Morgan fingerprint density at radius 3 is 2.43 bits per heavy atom. The predicted molar refractivity (Wildman–Crippen MR) is 86.8 cm³/mol. The van der Waals surface area contributed by atoms with Gasteiger partial charge in [-0.25, -0.2) is 9.69 Å². The Hall–Kier alpha value is -2.50. The summed E-state index contributed by atoms with van der Waals surface area (Å²) < 4.78 is 15.6. The molecule has 0 aliphatic carbocycles. The lowest BCUT2D eigenvalue weighted by Gasteiger charge is -2.17. The summed E-state index contributed by atoms with van der Waals surface area (Å²) in [6.07, 6.45) is 3.36. The van der Waals surface area contributed by atoms with E-state index >= 15 is 0 Å². The second kappa shape index (κ2) is 9.50. The maximum Gasteiger partial charge on any atom is 0.416 e. The molecule has 0 bridgehead atoms. The van der Waals surface area contributed by atoms with E-state index in [1.165, 1.54) is 6.92 Å². The summed E-state index contributed by atoms with van der Waals surface area (Å²) >= 11 is 0. The zero-order chi connectivity index (χ0) is 17.2. The van der Waals surface area contributed by atoms with E-state index in [0.717, 1.165) is 10.5 Å². The van der Waals surface area contributed by atoms with Crippen LogP contribution in [0.1, 0.15) is 19.4 Å². The Morgan fingerprint density at radius 2 is 1.87 bits per heavy atom. The molecular formula is C17H23NO5. The van der Waals surface area contributed by atoms with Gasteiger partial charge in [-0.15, -0.1) is 0 Å². The summed E-state index contributed by atoms with van der Waals surface area (Å²) in [5.74, 6) is 0.913. The molecule has 0 spiro atoms. The number of carbonyl (C=O) groups excluding carboxylic acids is 2. The van der Waals surface area contributed by atoms with Gasteiger partial charge in [0.1, 0.15) is 0 Å². The third kappa shape index (κ3) is 5.65. The largest absolute Gasteiger partial charge is 0.493 e. The Bertz CT molecular complexity index is 568. The maximum absolute atomic E-state index is 11.9. The van der Waals surface area contributed by atoms with Crippen molar-refractivity contribution in [1.29, 1.82) is 0 Å². The van der Waals surface area contributed by atoms with Crippen molar-refractivity contribution in [3.8, 4) is 11.5 Å². The van der Waals surface area contributed by atoms with Crippen molar-refractivity contribution in [2.24, 2.45) is 0 Å². The topological polar surface area (TPSA) is 65.1 Å². The van der Waals surface area contributed by atoms with Gasteiger partial charge in [-0.05, 0) is 24.6 Å². The molecule has 126 valence electrons. The number of methoxy groups -OCH3 is 2. The predicted octanol–water partition coefficient (Wildman–Crippen LogP) is 2.81. The maximum atomic E-state index is 11.9. The van der Waals surface area contributed by atoms with E-state index in [1.807, 2.05) is 19.1 Å². The van der Waals surface area contributed by atoms with Crippen LogP contribution >= 0.6 is 0 Å². The van der Waals surface area contributed by atoms with E-state index in [9.17, 15) is 9.59 Å². The van der Waals surface area contributed by atoms with Crippen molar-refractivity contribution in [3.63, 3.8) is 0 Å². The molecule has 0 saturated carbocycles. The highest BCUT2D eigenvalue weighted by Gasteiger charge is 2.17. The van der Waals surface area contributed by atoms with Crippen LogP contribution in [0.15, 0.2) is 30.4 Å². The van der Waals surface area contributed by atoms with Gasteiger partial charge in [0.25, 0.3) is 0 Å². The quantitative estimate of drug-likeness (QED) is 0.723. The highest BCUT2D eigenvalue weighted by Crippen LogP contribution is 2.27. The summed E-state index contributed by atoms with van der Waals surface area (Å²) in [4.78, 5) is 24.4. The Morgan fingerprint density at radius 1 is 1.17 bits per heavy atom. The highest BCUT2D eigenvalue weighted by atomic mass is 16.6. The van der Waals surface area contributed by atoms with Crippen LogP contribution in [0.5, 0.6) is 11.5 Å². The minimum Gasteiger partial charge on any atom is -0.493 e. The molecule has 1 aromatic rings. The van der Waals surface area contributed by atoms with Crippen LogP contribution in [0.3, 0.4) is 0 Å². The van der Waals surface area contributed by atoms with E-state index in [-0.39, 0.29) is 19.1 Å². The summed E-state index contributed by atoms with van der Waals surface area (Å²) in [7, 11) is 3.13. The average molecular weight is 321 g/mol. The van der Waals surface area contributed by atoms with E-state index in [1.54, 1.807) is 32.4 Å². The zero-order valence-corrected chi connectivity index (χ0v) is 14.0. The first-order valence-electron chi connectivity index (χ1n) is 7.30. The summed E-state index contributed by atoms with van der Waals surface area (Å²) in [5, 5.41) is 0. The van der Waals surface area contributed by atoms with E-state index in [0.29, 0.717) is 17.9 Å². The molecule has 0 heterocycles. The molecule has 1 aromatic carbocycles. The number of imide groups is 1. The second-order valence-electron chi connectivity index (χ2n) is 4.75. The van der Waals surface area contributed by atoms with E-state index < -0.39 is 6.09 Å². The van der Waals surface area contributed by atoms with Gasteiger partial charge >= 0.3 is 6.09 Å². The standard InChI is InChI=1S/C17H23NO5/c1-5-6-10-18(13(2)19)17(20)23-11-9-14-7-8-15(21-3)16(12-14)22-4/h5-8,12H,9-11H2,1-4H3. The summed E-state index contributed by atoms with van der Waals surface area (Å²) in [6, 6.07) is 5.50. The first kappa shape index (κ1) is 18.5. The molecule has 0 radical (unpaired) electrons. The van der Waals surface area contributed by atoms with Crippen molar-refractivity contribution >= 4 is 12.0 Å². The molecule has 2 amide bonds. The van der Waals surface area contributed by atoms with Gasteiger partial charge in [0.2, 0.25) is 5.91 Å². The fourth-order valence-corrected chi connectivity index (χ4v) is 1.91. The Kier molecular flexibility index (Phi) is 7.66. The van der Waals surface area contributed by atoms with Crippen molar-refractivity contribution in [2.45, 2.75) is 20.3 Å². The van der Waals surface area contributed by atoms with Gasteiger partial charge in [-0.3, -0.25) is 4.79 Å². The van der Waals surface area contributed by atoms with Gasteiger partial charge in [-0.1, -0.05) is 18.2 Å². The molecule has 6 heteroatoms. The van der Waals surface area contributed by atoms with Gasteiger partial charge in [-0.2, -0.15) is 0 Å². The molecule has 1 rings (SSSR count). The molecule has 0 aromatic heterocycles. The molecule has 0 N–H and O–H groups in total. The van der Waals surface area contributed by atoms with Gasteiger partial charge < -0.3 is 14.2 Å². The van der Waals surface area contributed by atoms with Crippen LogP contribution in [-0.2, 0) is 16.0 Å². The number of nitrogens with zero attached hydrogens (tertiary/aromatic N) is 1. The first-order chi connectivity index (χ1) is 11.0. The number of hydrogen-bond acceptors (Lipinski definition) is 5. The van der Waals surface area contributed by atoms with Crippen molar-refractivity contribution in [1.82, 2.24) is 4.90 Å². The molecule has 0 aliphatic rings. The molecule has 6 nitrogen and oxygen atoms in total. The SMILES string of the molecule is CC=CCN(C(C)=O)C(=O)OCCc1ccc(OC)c(OC)c1. The third-order valence-corrected chi connectivity index (χ3v) is 3.19. The van der Waals surface area contributed by atoms with Gasteiger partial charge in [0.15, 0.2) is 11.5 Å². The first-order valence-corrected chi connectivity index (χ1v) is 7.30. The number of ether oxygens (including phenoxy) is 3. The van der Waals surface area contributed by atoms with Crippen LogP contribution in [-0.4, -0.2) is 44.3 Å². The van der Waals surface area contributed by atoms with Crippen molar-refractivity contribution in [3.05, 3.63) is 35.9 Å². The number of amides is 2. The third-order valence-electron chi connectivity index (χ3n) is 3.19. The minimum atomic E-state index is -0.643. The molecule has 0 fully saturated rings. The van der Waals surface area contributed by atoms with E-state index in [2.05, 4.69) is 0 Å². The number of rotatable bonds is 7. The minimum absolute atomic E-state index is 0.175. The lowest BCUT2D eigenvalue weighted by Crippen LogP contribution is -2.36. The zero-order valence-electron chi connectivity index (χ0n) is 14.0. The number of allylic oxidation sites excluding steroid dienone is 1. The Balaban J connectivity index is 2.58. The van der Waals surface area contributed by atoms with Crippen LogP contribution < -0.4 is 9.47 Å².